The van der Waals surface area contributed by atoms with E-state index in [1.165, 1.54) is 6.92 Å². The van der Waals surface area contributed by atoms with Crippen LogP contribution in [0.3, 0.4) is 0 Å². The van der Waals surface area contributed by atoms with Crippen LogP contribution in [-0.4, -0.2) is 52.7 Å². The Morgan fingerprint density at radius 1 is 1.28 bits per heavy atom. The number of aromatic nitrogens is 1. The van der Waals surface area contributed by atoms with Crippen molar-refractivity contribution in [2.24, 2.45) is 0 Å². The molecule has 1 aromatic heterocycles. The molecule has 1 saturated carbocycles. The van der Waals surface area contributed by atoms with Gasteiger partial charge in [0.2, 0.25) is 5.91 Å². The third-order valence-electron chi connectivity index (χ3n) is 6.01. The first-order valence-electron chi connectivity index (χ1n) is 10.0. The van der Waals surface area contributed by atoms with Crippen LogP contribution in [0.25, 0.3) is 0 Å². The van der Waals surface area contributed by atoms with E-state index >= 15 is 0 Å². The first kappa shape index (κ1) is 21.0. The molecule has 0 spiro atoms. The van der Waals surface area contributed by atoms with Crippen LogP contribution in [-0.2, 0) is 10.2 Å². The topological polar surface area (TPSA) is 95.7 Å². The maximum absolute atomic E-state index is 12.8. The quantitative estimate of drug-likeness (QED) is 0.753. The number of likely N-dealkylation sites (N-methyl/N-ethyl adjacent to an activating group) is 1. The number of hydrogen-bond acceptors (Lipinski definition) is 5. The third kappa shape index (κ3) is 4.67. The summed E-state index contributed by atoms with van der Waals surface area (Å²) in [6.45, 7) is 3.76. The zero-order chi connectivity index (χ0) is 21.0. The highest BCUT2D eigenvalue weighted by molar-refractivity contribution is 5.92. The Labute approximate surface area is 171 Å². The van der Waals surface area contributed by atoms with E-state index in [4.69, 9.17) is 4.52 Å². The molecule has 156 valence electrons. The number of hydrogen-bond donors (Lipinski definition) is 2. The molecular formula is C22H29N3O4. The molecule has 0 saturated heterocycles. The fourth-order valence-corrected chi connectivity index (χ4v) is 4.26. The van der Waals surface area contributed by atoms with E-state index < -0.39 is 6.10 Å². The summed E-state index contributed by atoms with van der Waals surface area (Å²) in [5.41, 5.74) is 1.11. The van der Waals surface area contributed by atoms with Crippen LogP contribution in [0.5, 0.6) is 0 Å². The van der Waals surface area contributed by atoms with Gasteiger partial charge in [0.1, 0.15) is 5.76 Å². The van der Waals surface area contributed by atoms with Crippen LogP contribution in [0, 0.1) is 6.92 Å². The molecule has 1 heterocycles. The van der Waals surface area contributed by atoms with Crippen molar-refractivity contribution in [1.82, 2.24) is 15.4 Å². The molecular weight excluding hydrogens is 370 g/mol. The Hall–Kier alpha value is -2.67. The fraction of sp³-hybridized carbons (Fsp3) is 0.500. The first-order chi connectivity index (χ1) is 13.8. The highest BCUT2D eigenvalue weighted by atomic mass is 16.5. The van der Waals surface area contributed by atoms with Crippen molar-refractivity contribution in [3.8, 4) is 0 Å². The zero-order valence-corrected chi connectivity index (χ0v) is 17.2. The molecule has 3 atom stereocenters. The van der Waals surface area contributed by atoms with Gasteiger partial charge in [0, 0.05) is 32.0 Å². The largest absolute Gasteiger partial charge is 0.391 e. The molecule has 2 aromatic rings. The first-order valence-corrected chi connectivity index (χ1v) is 10.0. The van der Waals surface area contributed by atoms with Gasteiger partial charge in [-0.3, -0.25) is 9.59 Å². The Morgan fingerprint density at radius 2 is 1.97 bits per heavy atom. The van der Waals surface area contributed by atoms with Gasteiger partial charge >= 0.3 is 0 Å². The van der Waals surface area contributed by atoms with Gasteiger partial charge in [0.15, 0.2) is 5.69 Å². The van der Waals surface area contributed by atoms with E-state index in [0.29, 0.717) is 25.1 Å². The zero-order valence-electron chi connectivity index (χ0n) is 17.2. The lowest BCUT2D eigenvalue weighted by atomic mass is 9.74. The van der Waals surface area contributed by atoms with Gasteiger partial charge in [0.25, 0.3) is 5.91 Å². The molecule has 2 amide bonds. The fourth-order valence-electron chi connectivity index (χ4n) is 4.26. The van der Waals surface area contributed by atoms with E-state index in [0.717, 1.165) is 18.4 Å². The molecule has 7 heteroatoms. The van der Waals surface area contributed by atoms with Crippen LogP contribution >= 0.6 is 0 Å². The lowest BCUT2D eigenvalue weighted by Gasteiger charge is -2.34. The van der Waals surface area contributed by atoms with Crippen LogP contribution < -0.4 is 5.32 Å². The predicted molar refractivity (Wildman–Crippen MR) is 108 cm³/mol. The lowest BCUT2D eigenvalue weighted by molar-refractivity contribution is -0.119. The monoisotopic (exact) mass is 399 g/mol. The summed E-state index contributed by atoms with van der Waals surface area (Å²) >= 11 is 0. The molecule has 1 fully saturated rings. The second kappa shape index (κ2) is 8.78. The van der Waals surface area contributed by atoms with E-state index in [2.05, 4.69) is 22.6 Å². The molecule has 1 aliphatic carbocycles. The number of rotatable bonds is 5. The van der Waals surface area contributed by atoms with E-state index in [1.807, 2.05) is 18.2 Å². The van der Waals surface area contributed by atoms with Gasteiger partial charge in [-0.2, -0.15) is 0 Å². The Balaban J connectivity index is 1.82. The van der Waals surface area contributed by atoms with Gasteiger partial charge < -0.3 is 19.8 Å². The lowest BCUT2D eigenvalue weighted by Crippen LogP contribution is -2.44. The number of carbonyl (C=O) groups excluding carboxylic acids is 2. The second-order valence-corrected chi connectivity index (χ2v) is 8.01. The molecule has 7 nitrogen and oxygen atoms in total. The highest BCUT2D eigenvalue weighted by Gasteiger charge is 2.40. The van der Waals surface area contributed by atoms with Crippen molar-refractivity contribution in [1.29, 1.82) is 0 Å². The van der Waals surface area contributed by atoms with Crippen molar-refractivity contribution in [2.45, 2.75) is 57.1 Å². The highest BCUT2D eigenvalue weighted by Crippen LogP contribution is 2.39. The minimum Gasteiger partial charge on any atom is -0.391 e. The second-order valence-electron chi connectivity index (χ2n) is 8.01. The number of nitrogens with one attached hydrogen (secondary N) is 1. The molecule has 3 rings (SSSR count). The third-order valence-corrected chi connectivity index (χ3v) is 6.01. The molecule has 1 aliphatic rings. The summed E-state index contributed by atoms with van der Waals surface area (Å²) in [4.78, 5) is 26.0. The van der Waals surface area contributed by atoms with Crippen molar-refractivity contribution in [3.63, 3.8) is 0 Å². The molecule has 2 N–H and O–H groups in total. The molecule has 0 radical (unpaired) electrons. The Kier molecular flexibility index (Phi) is 6.37. The van der Waals surface area contributed by atoms with Gasteiger partial charge in [0.05, 0.1) is 12.1 Å². The number of aryl methyl sites for hydroxylation is 1. The molecule has 0 aliphatic heterocycles. The smallest absolute Gasteiger partial charge is 0.276 e. The molecule has 29 heavy (non-hydrogen) atoms. The number of carbonyl (C=O) groups is 2. The van der Waals surface area contributed by atoms with E-state index in [1.54, 1.807) is 24.9 Å². The molecule has 0 bridgehead atoms. The number of benzene rings is 1. The predicted octanol–water partition coefficient (Wildman–Crippen LogP) is 2.43. The summed E-state index contributed by atoms with van der Waals surface area (Å²) in [6, 6.07) is 11.4. The standard InChI is InChI=1S/C22H29N3O4/c1-15-13-18(24-29-15)21(28)25(3)19-9-11-22(12-10-20(19)27,14-23-16(2)26)17-7-5-4-6-8-17/h4-8,13,19-20,27H,9-12,14H2,1-3H3,(H,23,26)/t19-,20-,22-/m1/s1. The minimum absolute atomic E-state index is 0.0738. The van der Waals surface area contributed by atoms with Crippen molar-refractivity contribution in [3.05, 3.63) is 53.4 Å². The summed E-state index contributed by atoms with van der Waals surface area (Å²) in [7, 11) is 1.70. The number of amides is 2. The average Bonchev–Trinajstić information content (AvgIpc) is 3.07. The number of aliphatic hydroxyl groups is 1. The van der Waals surface area contributed by atoms with Crippen molar-refractivity contribution < 1.29 is 19.2 Å². The van der Waals surface area contributed by atoms with Crippen LogP contribution in [0.1, 0.15) is 54.4 Å². The van der Waals surface area contributed by atoms with Crippen molar-refractivity contribution >= 4 is 11.8 Å². The number of nitrogens with zero attached hydrogens (tertiary/aromatic N) is 2. The summed E-state index contributed by atoms with van der Waals surface area (Å²) in [5.74, 6) is 0.233. The summed E-state index contributed by atoms with van der Waals surface area (Å²) in [5, 5.41) is 17.6. The van der Waals surface area contributed by atoms with Gasteiger partial charge in [-0.15, -0.1) is 0 Å². The summed E-state index contributed by atoms with van der Waals surface area (Å²) in [6.07, 6.45) is 1.97. The van der Waals surface area contributed by atoms with Crippen LogP contribution in [0.4, 0.5) is 0 Å². The van der Waals surface area contributed by atoms with Crippen molar-refractivity contribution in [2.75, 3.05) is 13.6 Å². The Bertz CT molecular complexity index is 851. The van der Waals surface area contributed by atoms with Crippen LogP contribution in [0.15, 0.2) is 40.9 Å². The molecule has 0 unspecified atom stereocenters. The maximum Gasteiger partial charge on any atom is 0.276 e. The Morgan fingerprint density at radius 3 is 2.59 bits per heavy atom. The molecule has 1 aromatic carbocycles. The van der Waals surface area contributed by atoms with Gasteiger partial charge in [-0.25, -0.2) is 0 Å². The number of aliphatic hydroxyl groups excluding tert-OH is 1. The maximum atomic E-state index is 12.8. The van der Waals surface area contributed by atoms with E-state index in [-0.39, 0.29) is 29.0 Å². The average molecular weight is 399 g/mol. The SMILES string of the molecule is CC(=O)NC[C@]1(c2ccccc2)CC[C@@H](O)[C@H](N(C)C(=O)c2cc(C)on2)CC1. The minimum atomic E-state index is -0.653. The van der Waals surface area contributed by atoms with E-state index in [9.17, 15) is 14.7 Å². The van der Waals surface area contributed by atoms with Gasteiger partial charge in [-0.1, -0.05) is 35.5 Å². The van der Waals surface area contributed by atoms with Crippen LogP contribution in [0.2, 0.25) is 0 Å². The summed E-state index contributed by atoms with van der Waals surface area (Å²) < 4.78 is 5.02. The van der Waals surface area contributed by atoms with Gasteiger partial charge in [-0.05, 0) is 38.2 Å². The normalized spacial score (nSPS) is 24.6.